The zero-order valence-corrected chi connectivity index (χ0v) is 12.3. The van der Waals surface area contributed by atoms with Crippen LogP contribution in [0.25, 0.3) is 0 Å². The molecule has 1 atom stereocenters. The van der Waals surface area contributed by atoms with Crippen LogP contribution in [-0.4, -0.2) is 20.2 Å². The number of nitrogens with two attached hydrogens (primary N) is 1. The molecule has 0 spiro atoms. The van der Waals surface area contributed by atoms with Crippen molar-refractivity contribution in [3.05, 3.63) is 28.8 Å². The van der Waals surface area contributed by atoms with E-state index in [4.69, 9.17) is 10.5 Å². The van der Waals surface area contributed by atoms with Gasteiger partial charge in [0.15, 0.2) is 0 Å². The molecular weight excluding hydrogens is 242 g/mol. The molecule has 0 aliphatic rings. The van der Waals surface area contributed by atoms with Crippen molar-refractivity contribution < 1.29 is 14.3 Å². The largest absolute Gasteiger partial charge is 0.496 e. The number of hydrogen-bond acceptors (Lipinski definition) is 4. The first-order valence-corrected chi connectivity index (χ1v) is 6.41. The number of aryl methyl sites for hydroxylation is 1. The second-order valence-electron chi connectivity index (χ2n) is 4.99. The monoisotopic (exact) mass is 265 g/mol. The molecule has 1 aromatic rings. The van der Waals surface area contributed by atoms with Gasteiger partial charge in [-0.3, -0.25) is 4.79 Å². The molecule has 0 heterocycles. The maximum atomic E-state index is 11.3. The molecule has 2 N–H and O–H groups in total. The van der Waals surface area contributed by atoms with Gasteiger partial charge in [-0.05, 0) is 35.6 Å². The third kappa shape index (κ3) is 3.70. The van der Waals surface area contributed by atoms with E-state index in [1.807, 2.05) is 19.1 Å². The van der Waals surface area contributed by atoms with Crippen LogP contribution in [0.2, 0.25) is 0 Å². The minimum absolute atomic E-state index is 0.182. The first kappa shape index (κ1) is 15.5. The van der Waals surface area contributed by atoms with Crippen molar-refractivity contribution in [3.63, 3.8) is 0 Å². The molecule has 0 radical (unpaired) electrons. The highest BCUT2D eigenvalue weighted by Gasteiger charge is 2.18. The minimum atomic E-state index is -0.351. The Morgan fingerprint density at radius 2 is 1.89 bits per heavy atom. The fourth-order valence-corrected chi connectivity index (χ4v) is 2.12. The van der Waals surface area contributed by atoms with Crippen molar-refractivity contribution in [1.82, 2.24) is 0 Å². The van der Waals surface area contributed by atoms with Crippen LogP contribution in [0.1, 0.15) is 48.9 Å². The van der Waals surface area contributed by atoms with Crippen molar-refractivity contribution in [2.75, 3.05) is 14.2 Å². The standard InChI is InChI=1S/C15H23NO3/c1-9(2)11-7-12(10(3)6-14(11)18-4)13(16)8-15(17)19-5/h6-7,9,13H,8,16H2,1-5H3. The molecule has 1 unspecified atom stereocenters. The third-order valence-electron chi connectivity index (χ3n) is 3.25. The van der Waals surface area contributed by atoms with E-state index in [-0.39, 0.29) is 18.4 Å². The van der Waals surface area contributed by atoms with Gasteiger partial charge in [-0.15, -0.1) is 0 Å². The molecule has 0 aliphatic carbocycles. The van der Waals surface area contributed by atoms with Crippen LogP contribution < -0.4 is 10.5 Å². The molecule has 0 fully saturated rings. The highest BCUT2D eigenvalue weighted by atomic mass is 16.5. The number of esters is 1. The summed E-state index contributed by atoms with van der Waals surface area (Å²) in [6.07, 6.45) is 0.182. The van der Waals surface area contributed by atoms with Crippen LogP contribution in [0.4, 0.5) is 0 Å². The summed E-state index contributed by atoms with van der Waals surface area (Å²) in [4.78, 5) is 11.3. The normalized spacial score (nSPS) is 12.4. The van der Waals surface area contributed by atoms with E-state index in [0.717, 1.165) is 22.4 Å². The quantitative estimate of drug-likeness (QED) is 0.831. The molecule has 0 bridgehead atoms. The van der Waals surface area contributed by atoms with Crippen LogP contribution in [0, 0.1) is 6.92 Å². The van der Waals surface area contributed by atoms with Crippen molar-refractivity contribution >= 4 is 5.97 Å². The summed E-state index contributed by atoms with van der Waals surface area (Å²) < 4.78 is 10.1. The molecule has 0 aromatic heterocycles. The minimum Gasteiger partial charge on any atom is -0.496 e. The zero-order chi connectivity index (χ0) is 14.6. The van der Waals surface area contributed by atoms with E-state index in [9.17, 15) is 4.79 Å². The Kier molecular flexibility index (Phi) is 5.36. The van der Waals surface area contributed by atoms with Gasteiger partial charge in [-0.25, -0.2) is 0 Å². The number of hydrogen-bond donors (Lipinski definition) is 1. The van der Waals surface area contributed by atoms with Gasteiger partial charge in [0.05, 0.1) is 20.6 Å². The smallest absolute Gasteiger partial charge is 0.307 e. The molecule has 0 saturated heterocycles. The molecule has 0 amide bonds. The van der Waals surface area contributed by atoms with Crippen LogP contribution in [0.3, 0.4) is 0 Å². The van der Waals surface area contributed by atoms with Gasteiger partial charge >= 0.3 is 5.97 Å². The molecule has 19 heavy (non-hydrogen) atoms. The summed E-state index contributed by atoms with van der Waals surface area (Å²) in [5, 5.41) is 0. The van der Waals surface area contributed by atoms with E-state index >= 15 is 0 Å². The second kappa shape index (κ2) is 6.57. The average Bonchev–Trinajstić information content (AvgIpc) is 2.37. The maximum Gasteiger partial charge on any atom is 0.307 e. The third-order valence-corrected chi connectivity index (χ3v) is 3.25. The van der Waals surface area contributed by atoms with Crippen molar-refractivity contribution in [1.29, 1.82) is 0 Å². The highest BCUT2D eigenvalue weighted by molar-refractivity contribution is 5.70. The number of methoxy groups -OCH3 is 2. The molecule has 4 heteroatoms. The molecule has 106 valence electrons. The van der Waals surface area contributed by atoms with Crippen LogP contribution in [-0.2, 0) is 9.53 Å². The van der Waals surface area contributed by atoms with Crippen LogP contribution in [0.5, 0.6) is 5.75 Å². The highest BCUT2D eigenvalue weighted by Crippen LogP contribution is 2.32. The fraction of sp³-hybridized carbons (Fsp3) is 0.533. The SMILES string of the molecule is COC(=O)CC(N)c1cc(C(C)C)c(OC)cc1C. The fourth-order valence-electron chi connectivity index (χ4n) is 2.12. The van der Waals surface area contributed by atoms with Crippen molar-refractivity contribution in [2.45, 2.75) is 39.2 Å². The van der Waals surface area contributed by atoms with Crippen LogP contribution in [0.15, 0.2) is 12.1 Å². The Labute approximate surface area is 114 Å². The molecule has 1 rings (SSSR count). The summed E-state index contributed by atoms with van der Waals surface area (Å²) in [6, 6.07) is 3.66. The topological polar surface area (TPSA) is 61.5 Å². The van der Waals surface area contributed by atoms with Gasteiger partial charge in [0.25, 0.3) is 0 Å². The van der Waals surface area contributed by atoms with Gasteiger partial charge in [0.1, 0.15) is 5.75 Å². The Hall–Kier alpha value is -1.55. The lowest BCUT2D eigenvalue weighted by atomic mass is 9.92. The van der Waals surface area contributed by atoms with Gasteiger partial charge in [0, 0.05) is 6.04 Å². The van der Waals surface area contributed by atoms with Crippen LogP contribution >= 0.6 is 0 Å². The lowest BCUT2D eigenvalue weighted by molar-refractivity contribution is -0.141. The lowest BCUT2D eigenvalue weighted by Crippen LogP contribution is -2.18. The predicted octanol–water partition coefficient (Wildman–Crippen LogP) is 2.69. The number of carbonyl (C=O) groups is 1. The van der Waals surface area contributed by atoms with E-state index in [0.29, 0.717) is 5.92 Å². The molecule has 4 nitrogen and oxygen atoms in total. The summed E-state index contributed by atoms with van der Waals surface area (Å²) >= 11 is 0. The number of benzene rings is 1. The van der Waals surface area contributed by atoms with Crippen molar-refractivity contribution in [3.8, 4) is 5.75 Å². The van der Waals surface area contributed by atoms with Gasteiger partial charge in [-0.2, -0.15) is 0 Å². The maximum absolute atomic E-state index is 11.3. The Bertz CT molecular complexity index is 455. The Balaban J connectivity index is 3.13. The van der Waals surface area contributed by atoms with Gasteiger partial charge in [0.2, 0.25) is 0 Å². The lowest BCUT2D eigenvalue weighted by Gasteiger charge is -2.19. The summed E-state index contributed by atoms with van der Waals surface area (Å²) in [7, 11) is 3.03. The second-order valence-corrected chi connectivity index (χ2v) is 4.99. The Morgan fingerprint density at radius 3 is 2.37 bits per heavy atom. The number of carbonyl (C=O) groups excluding carboxylic acids is 1. The van der Waals surface area contributed by atoms with Gasteiger partial charge in [-0.1, -0.05) is 19.9 Å². The molecule has 0 aliphatic heterocycles. The van der Waals surface area contributed by atoms with E-state index < -0.39 is 0 Å². The molecular formula is C15H23NO3. The van der Waals surface area contributed by atoms with E-state index in [1.54, 1.807) is 7.11 Å². The average molecular weight is 265 g/mol. The molecule has 0 saturated carbocycles. The predicted molar refractivity (Wildman–Crippen MR) is 75.4 cm³/mol. The first-order valence-electron chi connectivity index (χ1n) is 6.41. The van der Waals surface area contributed by atoms with Gasteiger partial charge < -0.3 is 15.2 Å². The molecule has 1 aromatic carbocycles. The number of rotatable bonds is 5. The Morgan fingerprint density at radius 1 is 1.26 bits per heavy atom. The summed E-state index contributed by atoms with van der Waals surface area (Å²) in [6.45, 7) is 6.17. The van der Waals surface area contributed by atoms with E-state index in [2.05, 4.69) is 18.6 Å². The number of ether oxygens (including phenoxy) is 2. The zero-order valence-electron chi connectivity index (χ0n) is 12.3. The van der Waals surface area contributed by atoms with E-state index in [1.165, 1.54) is 7.11 Å². The summed E-state index contributed by atoms with van der Waals surface area (Å²) in [5.74, 6) is 0.898. The van der Waals surface area contributed by atoms with Crippen molar-refractivity contribution in [2.24, 2.45) is 5.73 Å². The summed E-state index contributed by atoms with van der Waals surface area (Å²) in [5.41, 5.74) is 9.18. The first-order chi connectivity index (χ1) is 8.90.